The summed E-state index contributed by atoms with van der Waals surface area (Å²) in [5.74, 6) is 0. The highest BCUT2D eigenvalue weighted by Gasteiger charge is 1.97. The second kappa shape index (κ2) is 38.8. The predicted molar refractivity (Wildman–Crippen MR) is 346 cm³/mol. The Balaban J connectivity index is 0.000000245. The SMILES string of the molecule is Cc1ccc(C)nc1.Cc1ccc2ccccc2n1.Cc1cccc(C)n1.Cc1cccc[n+]1[O-].Cc1ccccn1.Cc1cccnc1.Cc1cccnc1C.Cc1ccnc(C)c1.Cc1cnc(C)c(C)c1.Cn1nnc2ccccc21. The van der Waals surface area contributed by atoms with Gasteiger partial charge in [-0.3, -0.25) is 39.9 Å². The van der Waals surface area contributed by atoms with Gasteiger partial charge in [0.15, 0.2) is 11.9 Å². The van der Waals surface area contributed by atoms with Gasteiger partial charge in [-0.1, -0.05) is 84.1 Å². The summed E-state index contributed by atoms with van der Waals surface area (Å²) in [7, 11) is 1.88. The first-order valence-electron chi connectivity index (χ1n) is 27.6. The maximum absolute atomic E-state index is 10.5. The number of benzene rings is 2. The van der Waals surface area contributed by atoms with Crippen LogP contribution in [0.3, 0.4) is 0 Å². The van der Waals surface area contributed by atoms with Crippen LogP contribution in [0, 0.1) is 109 Å². The van der Waals surface area contributed by atoms with Gasteiger partial charge in [0.05, 0.1) is 11.0 Å². The lowest BCUT2D eigenvalue weighted by molar-refractivity contribution is -0.612. The minimum absolute atomic E-state index is 0.729. The van der Waals surface area contributed by atoms with E-state index in [4.69, 9.17) is 0 Å². The Bertz CT molecular complexity index is 3500. The van der Waals surface area contributed by atoms with Crippen molar-refractivity contribution in [3.8, 4) is 0 Å². The van der Waals surface area contributed by atoms with Crippen LogP contribution in [0.2, 0.25) is 0 Å². The molecule has 2 aromatic carbocycles. The summed E-state index contributed by atoms with van der Waals surface area (Å²) in [4.78, 5) is 32.8. The predicted octanol–water partition coefficient (Wildman–Crippen LogP) is 15.7. The molecule has 0 fully saturated rings. The fourth-order valence-corrected chi connectivity index (χ4v) is 6.82. The van der Waals surface area contributed by atoms with Crippen molar-refractivity contribution in [2.45, 2.75) is 104 Å². The molecule has 434 valence electrons. The molecule has 0 radical (unpaired) electrons. The van der Waals surface area contributed by atoms with Gasteiger partial charge in [0, 0.05) is 120 Å². The molecule has 0 spiro atoms. The molecule has 84 heavy (non-hydrogen) atoms. The van der Waals surface area contributed by atoms with E-state index in [9.17, 15) is 5.21 Å². The number of nitrogens with zero attached hydrogens (tertiary/aromatic N) is 12. The van der Waals surface area contributed by atoms with Crippen LogP contribution >= 0.6 is 0 Å². The zero-order valence-electron chi connectivity index (χ0n) is 52.1. The molecule has 0 N–H and O–H groups in total. The van der Waals surface area contributed by atoms with Crippen molar-refractivity contribution in [2.75, 3.05) is 0 Å². The maximum atomic E-state index is 10.5. The minimum atomic E-state index is 0.729. The Kier molecular flexibility index (Phi) is 31.7. The van der Waals surface area contributed by atoms with Gasteiger partial charge >= 0.3 is 0 Å². The van der Waals surface area contributed by atoms with Gasteiger partial charge in [-0.25, -0.2) is 4.68 Å². The molecular weight excluding hydrogens is 1040 g/mol. The molecule has 12 aromatic rings. The maximum Gasteiger partial charge on any atom is 0.189 e. The quantitative estimate of drug-likeness (QED) is 0.105. The van der Waals surface area contributed by atoms with Crippen molar-refractivity contribution in [3.05, 3.63) is 309 Å². The van der Waals surface area contributed by atoms with Crippen LogP contribution in [0.1, 0.15) is 84.6 Å². The molecule has 13 heteroatoms. The minimum Gasteiger partial charge on any atom is -0.619 e. The van der Waals surface area contributed by atoms with Crippen LogP contribution in [-0.2, 0) is 7.05 Å². The van der Waals surface area contributed by atoms with Crippen LogP contribution in [-0.4, -0.2) is 54.9 Å². The van der Waals surface area contributed by atoms with Gasteiger partial charge in [0.25, 0.3) is 0 Å². The first-order chi connectivity index (χ1) is 40.2. The van der Waals surface area contributed by atoms with Crippen LogP contribution in [0.25, 0.3) is 21.9 Å². The fraction of sp³-hybridized carbons (Fsp3) is 0.225. The number of fused-ring (bicyclic) bond motifs is 2. The van der Waals surface area contributed by atoms with Gasteiger partial charge in [-0.05, 0) is 209 Å². The molecule has 10 heterocycles. The molecule has 0 unspecified atom stereocenters. The first kappa shape index (κ1) is 68.5. The highest BCUT2D eigenvalue weighted by atomic mass is 16.5. The number of rotatable bonds is 0. The standard InChI is InChI=1S/C10H9N.C8H11N.C7H7N3.4C7H9N.C6H7NO.2C6H7N/c1-8-6-7-9-4-2-3-5-10(9)11-8;1-6-4-7(2)8(3)9-5-6;1-10-7-5-3-2-4-6(7)8-9-10;1-6-3-4-8-7(2)5-6;1-6-3-4-7(2)8-5-6;1-6-4-3-5-8-7(6)2;1-6-4-3-5-7(2)8-6;1-6-4-2-3-5-7(6)8;1-6-3-2-4-7-5-6;1-6-4-2-3-5-7-6/h2-7H,1H3;4-5H,1-3H3;2-5H,1H3;4*3-5H,1-2H3;2-5H,1H3;2*2-5H,1H3. The lowest BCUT2D eigenvalue weighted by Gasteiger charge is -1.97. The Morgan fingerprint density at radius 3 is 1.42 bits per heavy atom. The normalized spacial score (nSPS) is 9.48. The third kappa shape index (κ3) is 29.6. The molecule has 0 aliphatic carbocycles. The van der Waals surface area contributed by atoms with Crippen molar-refractivity contribution < 1.29 is 4.73 Å². The number of aromatic nitrogens is 12. The molecule has 10 aromatic heterocycles. The number of pyridine rings is 9. The van der Waals surface area contributed by atoms with Crippen LogP contribution in [0.15, 0.2) is 219 Å². The Morgan fingerprint density at radius 1 is 0.369 bits per heavy atom. The molecule has 0 saturated heterocycles. The average molecular weight is 1120 g/mol. The second-order valence-corrected chi connectivity index (χ2v) is 19.7. The van der Waals surface area contributed by atoms with Gasteiger partial charge in [0.2, 0.25) is 0 Å². The Morgan fingerprint density at radius 2 is 0.952 bits per heavy atom. The van der Waals surface area contributed by atoms with E-state index in [-0.39, 0.29) is 0 Å². The van der Waals surface area contributed by atoms with Crippen molar-refractivity contribution in [3.63, 3.8) is 0 Å². The zero-order valence-corrected chi connectivity index (χ0v) is 52.1. The highest BCUT2D eigenvalue weighted by Crippen LogP contribution is 2.11. The van der Waals surface area contributed by atoms with Crippen molar-refractivity contribution in [1.82, 2.24) is 54.9 Å². The van der Waals surface area contributed by atoms with E-state index in [2.05, 4.69) is 114 Å². The van der Waals surface area contributed by atoms with Crippen molar-refractivity contribution in [1.29, 1.82) is 0 Å². The van der Waals surface area contributed by atoms with E-state index in [0.717, 1.165) is 72.5 Å². The molecule has 0 saturated carbocycles. The third-order valence-electron chi connectivity index (χ3n) is 11.8. The third-order valence-corrected chi connectivity index (χ3v) is 11.8. The lowest BCUT2D eigenvalue weighted by Crippen LogP contribution is -2.28. The summed E-state index contributed by atoms with van der Waals surface area (Å²) < 4.78 is 2.59. The Hall–Kier alpha value is -9.75. The average Bonchev–Trinajstić information content (AvgIpc) is 4.09. The largest absolute Gasteiger partial charge is 0.619 e. The summed E-state index contributed by atoms with van der Waals surface area (Å²) in [5.41, 5.74) is 20.0. The topological polar surface area (TPSA) is 161 Å². The monoisotopic (exact) mass is 1120 g/mol. The van der Waals surface area contributed by atoms with Crippen molar-refractivity contribution in [2.24, 2.45) is 7.05 Å². The number of aryl methyl sites for hydroxylation is 16. The van der Waals surface area contributed by atoms with Crippen LogP contribution in [0.5, 0.6) is 0 Å². The fourth-order valence-electron chi connectivity index (χ4n) is 6.82. The molecule has 0 bridgehead atoms. The van der Waals surface area contributed by atoms with Crippen LogP contribution < -0.4 is 4.73 Å². The van der Waals surface area contributed by atoms with Crippen molar-refractivity contribution >= 4 is 21.9 Å². The van der Waals surface area contributed by atoms with Gasteiger partial charge in [-0.2, -0.15) is 4.73 Å². The van der Waals surface area contributed by atoms with Crippen LogP contribution in [0.4, 0.5) is 0 Å². The molecule has 0 aliphatic heterocycles. The Labute approximate surface area is 499 Å². The summed E-state index contributed by atoms with van der Waals surface area (Å²) in [5, 5.41) is 19.5. The van der Waals surface area contributed by atoms with E-state index in [1.165, 1.54) is 45.0 Å². The van der Waals surface area contributed by atoms with E-state index in [1.807, 2.05) is 229 Å². The van der Waals surface area contributed by atoms with Gasteiger partial charge < -0.3 is 5.21 Å². The second-order valence-electron chi connectivity index (χ2n) is 19.7. The number of para-hydroxylation sites is 2. The lowest BCUT2D eigenvalue weighted by atomic mass is 10.2. The van der Waals surface area contributed by atoms with E-state index in [1.54, 1.807) is 36.1 Å². The molecule has 0 amide bonds. The number of hydrogen-bond donors (Lipinski definition) is 0. The zero-order chi connectivity index (χ0) is 61.7. The summed E-state index contributed by atoms with van der Waals surface area (Å²) in [6.07, 6.45) is 14.3. The number of hydrogen-bond acceptors (Lipinski definition) is 11. The van der Waals surface area contributed by atoms with Gasteiger partial charge in [0.1, 0.15) is 5.52 Å². The van der Waals surface area contributed by atoms with E-state index < -0.39 is 0 Å². The molecular formula is C71H84N12O. The summed E-state index contributed by atoms with van der Waals surface area (Å²) >= 11 is 0. The molecule has 13 nitrogen and oxygen atoms in total. The smallest absolute Gasteiger partial charge is 0.189 e. The highest BCUT2D eigenvalue weighted by molar-refractivity contribution is 5.78. The van der Waals surface area contributed by atoms with E-state index >= 15 is 0 Å². The molecule has 0 aliphatic rings. The first-order valence-corrected chi connectivity index (χ1v) is 27.6. The molecule has 12 rings (SSSR count). The molecule has 0 atom stereocenters. The van der Waals surface area contributed by atoms with Gasteiger partial charge in [-0.15, -0.1) is 5.10 Å². The summed E-state index contributed by atoms with van der Waals surface area (Å²) in [6.45, 7) is 30.1. The van der Waals surface area contributed by atoms with E-state index in [0.29, 0.717) is 0 Å². The summed E-state index contributed by atoms with van der Waals surface area (Å²) in [6, 6.07) is 55.5.